The van der Waals surface area contributed by atoms with Gasteiger partial charge in [0.05, 0.1) is 12.1 Å². The van der Waals surface area contributed by atoms with Crippen molar-refractivity contribution in [3.8, 4) is 0 Å². The lowest BCUT2D eigenvalue weighted by Gasteiger charge is -2.34. The van der Waals surface area contributed by atoms with E-state index < -0.39 is 0 Å². The maximum atomic E-state index is 11.2. The molecule has 0 bridgehead atoms. The average molecular weight is 299 g/mol. The minimum atomic E-state index is -0.249. The van der Waals surface area contributed by atoms with Crippen LogP contribution >= 0.6 is 0 Å². The molecule has 5 nitrogen and oxygen atoms in total. The molecule has 5 heteroatoms. The van der Waals surface area contributed by atoms with Gasteiger partial charge in [0.2, 0.25) is 5.91 Å². The van der Waals surface area contributed by atoms with Crippen LogP contribution in [0.4, 0.5) is 5.82 Å². The number of hydrogen-bond donors (Lipinski definition) is 2. The normalized spacial score (nSPS) is 18.6. The summed E-state index contributed by atoms with van der Waals surface area (Å²) >= 11 is 0. The fraction of sp³-hybridized carbons (Fsp3) is 0.412. The third-order valence-electron chi connectivity index (χ3n) is 4.26. The average Bonchev–Trinajstić information content (AvgIpc) is 2.53. The number of fused-ring (bicyclic) bond motifs is 1. The molecule has 1 amide bonds. The van der Waals surface area contributed by atoms with Gasteiger partial charge >= 0.3 is 0 Å². The van der Waals surface area contributed by atoms with Gasteiger partial charge in [-0.2, -0.15) is 0 Å². The van der Waals surface area contributed by atoms with E-state index in [2.05, 4.69) is 4.90 Å². The summed E-state index contributed by atoms with van der Waals surface area (Å²) in [4.78, 5) is 18.1. The van der Waals surface area contributed by atoms with Gasteiger partial charge in [0.25, 0.3) is 0 Å². The van der Waals surface area contributed by atoms with E-state index in [4.69, 9.17) is 10.7 Å². The summed E-state index contributed by atoms with van der Waals surface area (Å²) in [5.74, 6) is 0.849. The number of hydrogen-bond acceptors (Lipinski definition) is 4. The van der Waals surface area contributed by atoms with Gasteiger partial charge in [-0.1, -0.05) is 18.2 Å². The van der Waals surface area contributed by atoms with Crippen LogP contribution in [-0.2, 0) is 11.4 Å². The largest absolute Gasteiger partial charge is 0.392 e. The van der Waals surface area contributed by atoms with E-state index in [9.17, 15) is 9.90 Å². The molecule has 1 aliphatic heterocycles. The first-order valence-corrected chi connectivity index (χ1v) is 7.70. The van der Waals surface area contributed by atoms with E-state index in [0.717, 1.165) is 48.2 Å². The number of para-hydroxylation sites is 1. The molecular formula is C17H21N3O2. The fourth-order valence-electron chi connectivity index (χ4n) is 3.25. The van der Waals surface area contributed by atoms with Crippen molar-refractivity contribution in [2.45, 2.75) is 25.9 Å². The lowest BCUT2D eigenvalue weighted by molar-refractivity contribution is -0.118. The Bertz CT molecular complexity index is 687. The maximum Gasteiger partial charge on any atom is 0.217 e. The highest BCUT2D eigenvalue weighted by Gasteiger charge is 2.24. The molecule has 1 aliphatic rings. The van der Waals surface area contributed by atoms with Crippen molar-refractivity contribution in [3.63, 3.8) is 0 Å². The molecule has 0 aliphatic carbocycles. The van der Waals surface area contributed by atoms with Crippen molar-refractivity contribution in [1.82, 2.24) is 4.98 Å². The Kier molecular flexibility index (Phi) is 4.24. The highest BCUT2D eigenvalue weighted by atomic mass is 16.3. The summed E-state index contributed by atoms with van der Waals surface area (Å²) in [6.07, 6.45) is 2.44. The maximum absolute atomic E-state index is 11.2. The quantitative estimate of drug-likeness (QED) is 0.902. The Labute approximate surface area is 129 Å². The Morgan fingerprint density at radius 2 is 2.23 bits per heavy atom. The monoisotopic (exact) mass is 299 g/mol. The summed E-state index contributed by atoms with van der Waals surface area (Å²) in [6.45, 7) is 1.62. The first kappa shape index (κ1) is 14.8. The smallest absolute Gasteiger partial charge is 0.217 e. The van der Waals surface area contributed by atoms with Gasteiger partial charge in [-0.25, -0.2) is 4.98 Å². The number of carbonyl (C=O) groups excluding carboxylic acids is 1. The van der Waals surface area contributed by atoms with Gasteiger partial charge < -0.3 is 15.7 Å². The highest BCUT2D eigenvalue weighted by molar-refractivity contribution is 5.81. The molecule has 2 aromatic rings. The lowest BCUT2D eigenvalue weighted by Crippen LogP contribution is -2.38. The standard InChI is InChI=1S/C17H21N3O2/c18-16(22)8-12-4-3-7-20(10-12)17-14(11-21)9-13-5-1-2-6-15(13)19-17/h1-2,5-6,9,12,21H,3-4,7-8,10-11H2,(H2,18,22). The molecule has 2 heterocycles. The molecule has 0 radical (unpaired) electrons. The number of aromatic nitrogens is 1. The molecule has 0 spiro atoms. The zero-order chi connectivity index (χ0) is 15.5. The predicted molar refractivity (Wildman–Crippen MR) is 86.4 cm³/mol. The molecule has 1 atom stereocenters. The van der Waals surface area contributed by atoms with Crippen molar-refractivity contribution in [2.24, 2.45) is 11.7 Å². The van der Waals surface area contributed by atoms with Crippen molar-refractivity contribution < 1.29 is 9.90 Å². The van der Waals surface area contributed by atoms with E-state index in [0.29, 0.717) is 6.42 Å². The van der Waals surface area contributed by atoms with Crippen LogP contribution < -0.4 is 10.6 Å². The summed E-state index contributed by atoms with van der Waals surface area (Å²) in [6, 6.07) is 9.90. The number of anilines is 1. The van der Waals surface area contributed by atoms with Crippen LogP contribution in [0.25, 0.3) is 10.9 Å². The van der Waals surface area contributed by atoms with Crippen LogP contribution in [0.1, 0.15) is 24.8 Å². The van der Waals surface area contributed by atoms with Gasteiger partial charge in [-0.3, -0.25) is 4.79 Å². The number of pyridine rings is 1. The predicted octanol–water partition coefficient (Wildman–Crippen LogP) is 1.82. The first-order chi connectivity index (χ1) is 10.7. The number of aliphatic hydroxyl groups is 1. The molecule has 22 heavy (non-hydrogen) atoms. The van der Waals surface area contributed by atoms with Crippen LogP contribution in [0.5, 0.6) is 0 Å². The highest BCUT2D eigenvalue weighted by Crippen LogP contribution is 2.28. The van der Waals surface area contributed by atoms with E-state index in [1.165, 1.54) is 0 Å². The van der Waals surface area contributed by atoms with Crippen LogP contribution in [-0.4, -0.2) is 29.1 Å². The third-order valence-corrected chi connectivity index (χ3v) is 4.26. The molecule has 3 rings (SSSR count). The fourth-order valence-corrected chi connectivity index (χ4v) is 3.25. The summed E-state index contributed by atoms with van der Waals surface area (Å²) in [5.41, 5.74) is 7.08. The number of benzene rings is 1. The molecule has 1 aromatic heterocycles. The van der Waals surface area contributed by atoms with Crippen LogP contribution in [0, 0.1) is 5.92 Å². The third kappa shape index (κ3) is 3.04. The molecule has 1 aromatic carbocycles. The molecule has 3 N–H and O–H groups in total. The number of carbonyl (C=O) groups is 1. The second-order valence-corrected chi connectivity index (χ2v) is 5.95. The number of nitrogens with zero attached hydrogens (tertiary/aromatic N) is 2. The molecule has 1 saturated heterocycles. The SMILES string of the molecule is NC(=O)CC1CCCN(c2nc3ccccc3cc2CO)C1. The van der Waals surface area contributed by atoms with Crippen molar-refractivity contribution >= 4 is 22.6 Å². The molecule has 116 valence electrons. The van der Waals surface area contributed by atoms with Crippen molar-refractivity contribution in [2.75, 3.05) is 18.0 Å². The van der Waals surface area contributed by atoms with Gasteiger partial charge in [0.1, 0.15) is 5.82 Å². The van der Waals surface area contributed by atoms with Crippen LogP contribution in [0.15, 0.2) is 30.3 Å². The van der Waals surface area contributed by atoms with Crippen LogP contribution in [0.3, 0.4) is 0 Å². The number of nitrogens with two attached hydrogens (primary N) is 1. The number of amides is 1. The summed E-state index contributed by atoms with van der Waals surface area (Å²) < 4.78 is 0. The lowest BCUT2D eigenvalue weighted by atomic mass is 9.94. The zero-order valence-electron chi connectivity index (χ0n) is 12.5. The minimum Gasteiger partial charge on any atom is -0.392 e. The molecule has 0 saturated carbocycles. The Balaban J connectivity index is 1.92. The number of piperidine rings is 1. The topological polar surface area (TPSA) is 79.5 Å². The van der Waals surface area contributed by atoms with Crippen molar-refractivity contribution in [1.29, 1.82) is 0 Å². The second-order valence-electron chi connectivity index (χ2n) is 5.95. The second kappa shape index (κ2) is 6.32. The Morgan fingerprint density at radius 1 is 1.41 bits per heavy atom. The van der Waals surface area contributed by atoms with Gasteiger partial charge in [0, 0.05) is 30.5 Å². The number of rotatable bonds is 4. The van der Waals surface area contributed by atoms with Gasteiger partial charge in [-0.15, -0.1) is 0 Å². The molecular weight excluding hydrogens is 278 g/mol. The van der Waals surface area contributed by atoms with Gasteiger partial charge in [-0.05, 0) is 30.9 Å². The summed E-state index contributed by atoms with van der Waals surface area (Å²) in [7, 11) is 0. The molecule has 1 fully saturated rings. The Morgan fingerprint density at radius 3 is 3.00 bits per heavy atom. The minimum absolute atomic E-state index is 0.0375. The van der Waals surface area contributed by atoms with E-state index >= 15 is 0 Å². The zero-order valence-corrected chi connectivity index (χ0v) is 12.5. The van der Waals surface area contributed by atoms with Crippen molar-refractivity contribution in [3.05, 3.63) is 35.9 Å². The number of primary amides is 1. The Hall–Kier alpha value is -2.14. The van der Waals surface area contributed by atoms with E-state index in [-0.39, 0.29) is 18.4 Å². The first-order valence-electron chi connectivity index (χ1n) is 7.70. The van der Waals surface area contributed by atoms with Crippen LogP contribution in [0.2, 0.25) is 0 Å². The number of aliphatic hydroxyl groups excluding tert-OH is 1. The van der Waals surface area contributed by atoms with E-state index in [1.54, 1.807) is 0 Å². The summed E-state index contributed by atoms with van der Waals surface area (Å²) in [5, 5.41) is 10.7. The van der Waals surface area contributed by atoms with E-state index in [1.807, 2.05) is 30.3 Å². The van der Waals surface area contributed by atoms with Gasteiger partial charge in [0.15, 0.2) is 0 Å². The molecule has 1 unspecified atom stereocenters.